The van der Waals surface area contributed by atoms with E-state index in [1.807, 2.05) is 26.8 Å². The van der Waals surface area contributed by atoms with Crippen LogP contribution < -0.4 is 5.32 Å². The first-order valence-corrected chi connectivity index (χ1v) is 5.20. The second-order valence-corrected chi connectivity index (χ2v) is 4.03. The van der Waals surface area contributed by atoms with Gasteiger partial charge in [0.05, 0.1) is 0 Å². The van der Waals surface area contributed by atoms with Crippen molar-refractivity contribution < 1.29 is 4.79 Å². The molecule has 2 heterocycles. The molecule has 84 valence electrons. The van der Waals surface area contributed by atoms with Gasteiger partial charge < -0.3 is 5.32 Å². The summed E-state index contributed by atoms with van der Waals surface area (Å²) in [6, 6.07) is 1.94. The smallest absolute Gasteiger partial charge is 0.272 e. The second kappa shape index (κ2) is 3.92. The van der Waals surface area contributed by atoms with E-state index in [9.17, 15) is 4.79 Å². The Morgan fingerprint density at radius 3 is 2.94 bits per heavy atom. The Morgan fingerprint density at radius 2 is 2.25 bits per heavy atom. The van der Waals surface area contributed by atoms with Crippen LogP contribution in [0.3, 0.4) is 0 Å². The molecular formula is C11H14N4O. The molecule has 0 aliphatic rings. The van der Waals surface area contributed by atoms with Gasteiger partial charge in [0.25, 0.3) is 5.91 Å². The first-order valence-electron chi connectivity index (χ1n) is 5.20. The molecule has 0 aliphatic heterocycles. The van der Waals surface area contributed by atoms with Gasteiger partial charge in [0.2, 0.25) is 0 Å². The number of aryl methyl sites for hydroxylation is 1. The van der Waals surface area contributed by atoms with Crippen LogP contribution in [-0.4, -0.2) is 27.1 Å². The van der Waals surface area contributed by atoms with Crippen LogP contribution in [0.4, 0.5) is 0 Å². The number of carbonyl (C=O) groups is 1. The van der Waals surface area contributed by atoms with E-state index in [2.05, 4.69) is 20.5 Å². The summed E-state index contributed by atoms with van der Waals surface area (Å²) in [5.41, 5.74) is 1.93. The van der Waals surface area contributed by atoms with Crippen molar-refractivity contribution in [3.8, 4) is 0 Å². The highest BCUT2D eigenvalue weighted by molar-refractivity contribution is 6.04. The van der Waals surface area contributed by atoms with Gasteiger partial charge in [-0.25, -0.2) is 4.98 Å². The van der Waals surface area contributed by atoms with Crippen molar-refractivity contribution >= 4 is 16.8 Å². The molecule has 0 aromatic carbocycles. The number of hydrogen-bond acceptors (Lipinski definition) is 3. The largest absolute Gasteiger partial charge is 0.348 e. The summed E-state index contributed by atoms with van der Waals surface area (Å²) in [7, 11) is 0. The number of hydrogen-bond donors (Lipinski definition) is 2. The molecule has 0 saturated heterocycles. The van der Waals surface area contributed by atoms with Gasteiger partial charge in [-0.2, -0.15) is 5.10 Å². The first kappa shape index (κ1) is 10.6. The molecule has 16 heavy (non-hydrogen) atoms. The summed E-state index contributed by atoms with van der Waals surface area (Å²) in [5.74, 6) is -0.188. The molecule has 5 heteroatoms. The molecule has 2 rings (SSSR count). The van der Waals surface area contributed by atoms with Crippen LogP contribution in [0.25, 0.3) is 10.9 Å². The molecule has 1 amide bonds. The highest BCUT2D eigenvalue weighted by Crippen LogP contribution is 2.16. The quantitative estimate of drug-likeness (QED) is 0.800. The number of rotatable bonds is 2. The number of aromatic nitrogens is 3. The molecule has 0 aliphatic carbocycles. The summed E-state index contributed by atoms with van der Waals surface area (Å²) in [4.78, 5) is 15.9. The minimum absolute atomic E-state index is 0.0876. The van der Waals surface area contributed by atoms with E-state index in [1.165, 1.54) is 0 Å². The van der Waals surface area contributed by atoms with E-state index in [0.29, 0.717) is 11.2 Å². The molecule has 0 unspecified atom stereocenters. The molecular weight excluding hydrogens is 204 g/mol. The zero-order valence-electron chi connectivity index (χ0n) is 9.53. The normalized spacial score (nSPS) is 11.0. The Kier molecular flexibility index (Phi) is 2.60. The zero-order chi connectivity index (χ0) is 11.7. The van der Waals surface area contributed by atoms with E-state index in [4.69, 9.17) is 0 Å². The van der Waals surface area contributed by atoms with E-state index >= 15 is 0 Å². The Labute approximate surface area is 93.3 Å². The Bertz CT molecular complexity index is 530. The highest BCUT2D eigenvalue weighted by atomic mass is 16.1. The van der Waals surface area contributed by atoms with E-state index in [-0.39, 0.29) is 11.9 Å². The molecule has 0 atom stereocenters. The SMILES string of the molecule is Cc1[nH]nc2c(C(=O)NC(C)C)nccc12. The van der Waals surface area contributed by atoms with Crippen molar-refractivity contribution in [2.24, 2.45) is 0 Å². The number of nitrogens with zero attached hydrogens (tertiary/aromatic N) is 2. The summed E-state index contributed by atoms with van der Waals surface area (Å²) < 4.78 is 0. The average molecular weight is 218 g/mol. The number of aromatic amines is 1. The van der Waals surface area contributed by atoms with Gasteiger partial charge in [0.15, 0.2) is 5.69 Å². The number of nitrogens with one attached hydrogen (secondary N) is 2. The third-order valence-corrected chi connectivity index (χ3v) is 2.30. The average Bonchev–Trinajstić information content (AvgIpc) is 2.59. The molecule has 0 fully saturated rings. The molecule has 5 nitrogen and oxygen atoms in total. The lowest BCUT2D eigenvalue weighted by Crippen LogP contribution is -2.30. The summed E-state index contributed by atoms with van der Waals surface area (Å²) in [6.07, 6.45) is 1.63. The lowest BCUT2D eigenvalue weighted by atomic mass is 10.2. The van der Waals surface area contributed by atoms with Gasteiger partial charge in [-0.3, -0.25) is 9.89 Å². The minimum Gasteiger partial charge on any atom is -0.348 e. The van der Waals surface area contributed by atoms with Gasteiger partial charge in [-0.15, -0.1) is 0 Å². The Balaban J connectivity index is 2.48. The predicted octanol–water partition coefficient (Wildman–Crippen LogP) is 1.40. The number of H-pyrrole nitrogens is 1. The lowest BCUT2D eigenvalue weighted by molar-refractivity contribution is 0.0940. The monoisotopic (exact) mass is 218 g/mol. The van der Waals surface area contributed by atoms with Crippen LogP contribution in [0.1, 0.15) is 30.0 Å². The van der Waals surface area contributed by atoms with Crippen LogP contribution in [0.15, 0.2) is 12.3 Å². The zero-order valence-corrected chi connectivity index (χ0v) is 9.53. The fraction of sp³-hybridized carbons (Fsp3) is 0.364. The van der Waals surface area contributed by atoms with E-state index in [1.54, 1.807) is 6.20 Å². The van der Waals surface area contributed by atoms with Crippen LogP contribution in [0.2, 0.25) is 0 Å². The molecule has 0 bridgehead atoms. The van der Waals surface area contributed by atoms with Gasteiger partial charge in [0.1, 0.15) is 5.52 Å². The number of fused-ring (bicyclic) bond motifs is 1. The fourth-order valence-corrected chi connectivity index (χ4v) is 1.57. The summed E-state index contributed by atoms with van der Waals surface area (Å²) in [5, 5.41) is 10.7. The van der Waals surface area contributed by atoms with Gasteiger partial charge in [0, 0.05) is 23.3 Å². The van der Waals surface area contributed by atoms with Crippen molar-refractivity contribution in [3.05, 3.63) is 23.7 Å². The van der Waals surface area contributed by atoms with Gasteiger partial charge in [-0.05, 0) is 26.8 Å². The topological polar surface area (TPSA) is 70.7 Å². The third kappa shape index (κ3) is 1.76. The van der Waals surface area contributed by atoms with Crippen molar-refractivity contribution in [3.63, 3.8) is 0 Å². The van der Waals surface area contributed by atoms with Crippen molar-refractivity contribution in [2.75, 3.05) is 0 Å². The Hall–Kier alpha value is -1.91. The van der Waals surface area contributed by atoms with Gasteiger partial charge in [-0.1, -0.05) is 0 Å². The van der Waals surface area contributed by atoms with Crippen molar-refractivity contribution in [1.82, 2.24) is 20.5 Å². The molecule has 2 aromatic rings. The summed E-state index contributed by atoms with van der Waals surface area (Å²) >= 11 is 0. The molecule has 2 aromatic heterocycles. The minimum atomic E-state index is -0.188. The van der Waals surface area contributed by atoms with Crippen LogP contribution in [-0.2, 0) is 0 Å². The maximum Gasteiger partial charge on any atom is 0.272 e. The maximum absolute atomic E-state index is 11.9. The van der Waals surface area contributed by atoms with Gasteiger partial charge >= 0.3 is 0 Å². The maximum atomic E-state index is 11.9. The Morgan fingerprint density at radius 1 is 1.50 bits per heavy atom. The fourth-order valence-electron chi connectivity index (χ4n) is 1.57. The van der Waals surface area contributed by atoms with Crippen LogP contribution in [0.5, 0.6) is 0 Å². The van der Waals surface area contributed by atoms with Crippen molar-refractivity contribution in [1.29, 1.82) is 0 Å². The number of pyridine rings is 1. The van der Waals surface area contributed by atoms with E-state index < -0.39 is 0 Å². The highest BCUT2D eigenvalue weighted by Gasteiger charge is 2.15. The number of carbonyl (C=O) groups excluding carboxylic acids is 1. The molecule has 0 radical (unpaired) electrons. The molecule has 0 saturated carbocycles. The lowest BCUT2D eigenvalue weighted by Gasteiger charge is -2.07. The number of amides is 1. The summed E-state index contributed by atoms with van der Waals surface area (Å²) in [6.45, 7) is 5.74. The first-order chi connectivity index (χ1) is 7.59. The van der Waals surface area contributed by atoms with Crippen LogP contribution in [0, 0.1) is 6.92 Å². The van der Waals surface area contributed by atoms with Crippen molar-refractivity contribution in [2.45, 2.75) is 26.8 Å². The standard InChI is InChI=1S/C11H14N4O/c1-6(2)13-11(16)10-9-8(4-5-12-10)7(3)14-15-9/h4-6H,1-3H3,(H,13,16)(H,14,15). The molecule has 0 spiro atoms. The molecule has 2 N–H and O–H groups in total. The van der Waals surface area contributed by atoms with E-state index in [0.717, 1.165) is 11.1 Å². The van der Waals surface area contributed by atoms with Crippen LogP contribution >= 0.6 is 0 Å². The third-order valence-electron chi connectivity index (χ3n) is 2.30. The predicted molar refractivity (Wildman–Crippen MR) is 61.2 cm³/mol. The second-order valence-electron chi connectivity index (χ2n) is 4.03.